The van der Waals surface area contributed by atoms with Gasteiger partial charge in [0, 0.05) is 13.0 Å². The molecule has 1 rings (SSSR count). The van der Waals surface area contributed by atoms with Crippen molar-refractivity contribution in [2.45, 2.75) is 39.4 Å². The van der Waals surface area contributed by atoms with Gasteiger partial charge < -0.3 is 9.47 Å². The molecule has 0 radical (unpaired) electrons. The monoisotopic (exact) mass is 158 g/mol. The maximum absolute atomic E-state index is 5.44. The van der Waals surface area contributed by atoms with E-state index in [2.05, 4.69) is 6.92 Å². The van der Waals surface area contributed by atoms with Crippen LogP contribution in [0, 0.1) is 5.92 Å². The zero-order valence-electron chi connectivity index (χ0n) is 7.51. The lowest BCUT2D eigenvalue weighted by Crippen LogP contribution is -2.09. The molecule has 0 aromatic heterocycles. The van der Waals surface area contributed by atoms with E-state index in [1.165, 1.54) is 12.8 Å². The van der Waals surface area contributed by atoms with Gasteiger partial charge in [-0.05, 0) is 19.3 Å². The van der Waals surface area contributed by atoms with Crippen LogP contribution in [0.15, 0.2) is 0 Å². The first-order chi connectivity index (χ1) is 5.36. The Labute approximate surface area is 68.9 Å². The van der Waals surface area contributed by atoms with Crippen LogP contribution in [0.25, 0.3) is 0 Å². The first-order valence-corrected chi connectivity index (χ1v) is 4.60. The summed E-state index contributed by atoms with van der Waals surface area (Å²) in [4.78, 5) is 0. The summed E-state index contributed by atoms with van der Waals surface area (Å²) in [6, 6.07) is 0. The summed E-state index contributed by atoms with van der Waals surface area (Å²) in [7, 11) is 0. The standard InChI is InChI=1S/C9H18O2/c1-3-5-8-6-9(10-4-2)11-7-8/h8-9H,3-7H2,1-2H3. The zero-order valence-corrected chi connectivity index (χ0v) is 7.51. The molecule has 1 saturated heterocycles. The van der Waals surface area contributed by atoms with Gasteiger partial charge in [0.05, 0.1) is 6.61 Å². The third kappa shape index (κ3) is 2.80. The Morgan fingerprint density at radius 1 is 1.45 bits per heavy atom. The molecule has 0 N–H and O–H groups in total. The second kappa shape index (κ2) is 4.73. The van der Waals surface area contributed by atoms with Gasteiger partial charge in [-0.25, -0.2) is 0 Å². The lowest BCUT2D eigenvalue weighted by molar-refractivity contribution is -0.106. The number of rotatable bonds is 4. The summed E-state index contributed by atoms with van der Waals surface area (Å²) < 4.78 is 10.8. The van der Waals surface area contributed by atoms with E-state index in [-0.39, 0.29) is 6.29 Å². The highest BCUT2D eigenvalue weighted by molar-refractivity contribution is 4.67. The molecule has 1 aliphatic rings. The zero-order chi connectivity index (χ0) is 8.10. The van der Waals surface area contributed by atoms with E-state index in [0.29, 0.717) is 0 Å². The van der Waals surface area contributed by atoms with Crippen LogP contribution < -0.4 is 0 Å². The van der Waals surface area contributed by atoms with Gasteiger partial charge in [-0.1, -0.05) is 13.3 Å². The summed E-state index contributed by atoms with van der Waals surface area (Å²) in [5.41, 5.74) is 0. The van der Waals surface area contributed by atoms with Crippen molar-refractivity contribution in [3.8, 4) is 0 Å². The molecule has 1 heterocycles. The summed E-state index contributed by atoms with van der Waals surface area (Å²) in [6.45, 7) is 5.90. The average Bonchev–Trinajstić information content (AvgIpc) is 2.38. The summed E-state index contributed by atoms with van der Waals surface area (Å²) >= 11 is 0. The van der Waals surface area contributed by atoms with Crippen LogP contribution in [0.4, 0.5) is 0 Å². The van der Waals surface area contributed by atoms with Crippen molar-refractivity contribution < 1.29 is 9.47 Å². The fourth-order valence-electron chi connectivity index (χ4n) is 1.56. The van der Waals surface area contributed by atoms with Gasteiger partial charge in [-0.3, -0.25) is 0 Å². The third-order valence-corrected chi connectivity index (χ3v) is 2.09. The van der Waals surface area contributed by atoms with Crippen molar-refractivity contribution in [2.75, 3.05) is 13.2 Å². The molecule has 0 amide bonds. The Hall–Kier alpha value is -0.0800. The Morgan fingerprint density at radius 3 is 2.91 bits per heavy atom. The van der Waals surface area contributed by atoms with Gasteiger partial charge in [-0.15, -0.1) is 0 Å². The molecule has 0 spiro atoms. The van der Waals surface area contributed by atoms with Gasteiger partial charge in [0.1, 0.15) is 0 Å². The van der Waals surface area contributed by atoms with Crippen LogP contribution in [0.3, 0.4) is 0 Å². The van der Waals surface area contributed by atoms with Crippen LogP contribution in [0.1, 0.15) is 33.1 Å². The Kier molecular flexibility index (Phi) is 3.87. The lowest BCUT2D eigenvalue weighted by atomic mass is 10.0. The molecule has 2 heteroatoms. The van der Waals surface area contributed by atoms with Crippen LogP contribution in [-0.2, 0) is 9.47 Å². The summed E-state index contributed by atoms with van der Waals surface area (Å²) in [6.07, 6.45) is 3.73. The first-order valence-electron chi connectivity index (χ1n) is 4.60. The summed E-state index contributed by atoms with van der Waals surface area (Å²) in [5, 5.41) is 0. The molecule has 11 heavy (non-hydrogen) atoms. The number of ether oxygens (including phenoxy) is 2. The van der Waals surface area contributed by atoms with E-state index >= 15 is 0 Å². The van der Waals surface area contributed by atoms with Gasteiger partial charge in [0.25, 0.3) is 0 Å². The Balaban J connectivity index is 2.12. The van der Waals surface area contributed by atoms with E-state index in [1.54, 1.807) is 0 Å². The molecule has 0 saturated carbocycles. The molecular weight excluding hydrogens is 140 g/mol. The van der Waals surface area contributed by atoms with Crippen LogP contribution in [-0.4, -0.2) is 19.5 Å². The molecular formula is C9H18O2. The highest BCUT2D eigenvalue weighted by atomic mass is 16.7. The minimum Gasteiger partial charge on any atom is -0.353 e. The van der Waals surface area contributed by atoms with E-state index < -0.39 is 0 Å². The van der Waals surface area contributed by atoms with E-state index in [0.717, 1.165) is 25.6 Å². The fourth-order valence-corrected chi connectivity index (χ4v) is 1.56. The number of hydrogen-bond acceptors (Lipinski definition) is 2. The third-order valence-electron chi connectivity index (χ3n) is 2.09. The molecule has 0 aromatic carbocycles. The highest BCUT2D eigenvalue weighted by Crippen LogP contribution is 2.23. The SMILES string of the molecule is CCCC1COC(OCC)C1. The second-order valence-corrected chi connectivity index (χ2v) is 3.11. The molecule has 1 fully saturated rings. The van der Waals surface area contributed by atoms with Gasteiger partial charge >= 0.3 is 0 Å². The van der Waals surface area contributed by atoms with Crippen molar-refractivity contribution in [1.82, 2.24) is 0 Å². The largest absolute Gasteiger partial charge is 0.353 e. The maximum atomic E-state index is 5.44. The smallest absolute Gasteiger partial charge is 0.157 e. The molecule has 1 aliphatic heterocycles. The van der Waals surface area contributed by atoms with Crippen molar-refractivity contribution in [3.05, 3.63) is 0 Å². The number of hydrogen-bond donors (Lipinski definition) is 0. The predicted octanol–water partition coefficient (Wildman–Crippen LogP) is 2.19. The van der Waals surface area contributed by atoms with Crippen molar-refractivity contribution >= 4 is 0 Å². The average molecular weight is 158 g/mol. The highest BCUT2D eigenvalue weighted by Gasteiger charge is 2.24. The van der Waals surface area contributed by atoms with Gasteiger partial charge in [0.2, 0.25) is 0 Å². The van der Waals surface area contributed by atoms with Gasteiger partial charge in [0.15, 0.2) is 6.29 Å². The quantitative estimate of drug-likeness (QED) is 0.624. The molecule has 0 aromatic rings. The molecule has 0 aliphatic carbocycles. The van der Waals surface area contributed by atoms with Crippen LogP contribution in [0.5, 0.6) is 0 Å². The first kappa shape index (κ1) is 9.01. The molecule has 2 atom stereocenters. The minimum atomic E-state index is 0.0940. The molecule has 66 valence electrons. The van der Waals surface area contributed by atoms with Crippen molar-refractivity contribution in [1.29, 1.82) is 0 Å². The van der Waals surface area contributed by atoms with Crippen molar-refractivity contribution in [3.63, 3.8) is 0 Å². The fraction of sp³-hybridized carbons (Fsp3) is 1.00. The predicted molar refractivity (Wildman–Crippen MR) is 44.4 cm³/mol. The molecule has 2 unspecified atom stereocenters. The summed E-state index contributed by atoms with van der Waals surface area (Å²) in [5.74, 6) is 0.747. The molecule has 2 nitrogen and oxygen atoms in total. The Morgan fingerprint density at radius 2 is 2.27 bits per heavy atom. The van der Waals surface area contributed by atoms with Gasteiger partial charge in [-0.2, -0.15) is 0 Å². The molecule has 0 bridgehead atoms. The van der Waals surface area contributed by atoms with Crippen molar-refractivity contribution in [2.24, 2.45) is 5.92 Å². The van der Waals surface area contributed by atoms with E-state index in [1.807, 2.05) is 6.92 Å². The van der Waals surface area contributed by atoms with E-state index in [4.69, 9.17) is 9.47 Å². The maximum Gasteiger partial charge on any atom is 0.157 e. The minimum absolute atomic E-state index is 0.0940. The van der Waals surface area contributed by atoms with Crippen LogP contribution >= 0.6 is 0 Å². The van der Waals surface area contributed by atoms with Crippen LogP contribution in [0.2, 0.25) is 0 Å². The lowest BCUT2D eigenvalue weighted by Gasteiger charge is -2.07. The second-order valence-electron chi connectivity index (χ2n) is 3.11. The topological polar surface area (TPSA) is 18.5 Å². The Bertz CT molecular complexity index is 91.7. The normalized spacial score (nSPS) is 31.1. The van der Waals surface area contributed by atoms with E-state index in [9.17, 15) is 0 Å².